The number of carbonyl (C=O) groups excluding carboxylic acids is 1. The van der Waals surface area contributed by atoms with Gasteiger partial charge in [-0.25, -0.2) is 8.42 Å². The van der Waals surface area contributed by atoms with Crippen LogP contribution in [0.2, 0.25) is 0 Å². The van der Waals surface area contributed by atoms with Crippen molar-refractivity contribution >= 4 is 15.6 Å². The van der Waals surface area contributed by atoms with Gasteiger partial charge in [0.1, 0.15) is 11.5 Å². The number of hydrogen-bond donors (Lipinski definition) is 2. The molecule has 11 atom stereocenters. The molecule has 0 spiro atoms. The molecular weight excluding hydrogens is 496 g/mol. The molecule has 4 aliphatic rings. The Morgan fingerprint density at radius 3 is 2.24 bits per heavy atom. The zero-order valence-corrected chi connectivity index (χ0v) is 26.0. The summed E-state index contributed by atoms with van der Waals surface area (Å²) in [5.41, 5.74) is 0.444. The molecule has 4 fully saturated rings. The second-order valence-corrected chi connectivity index (χ2v) is 18.1. The Kier molecular flexibility index (Phi) is 8.62. The summed E-state index contributed by atoms with van der Waals surface area (Å²) in [7, 11) is -3.42. The number of ketones is 1. The van der Waals surface area contributed by atoms with Gasteiger partial charge in [0, 0.05) is 6.42 Å². The summed E-state index contributed by atoms with van der Waals surface area (Å²) in [6.45, 7) is 14.5. The van der Waals surface area contributed by atoms with Gasteiger partial charge in [-0.05, 0) is 124 Å². The lowest BCUT2D eigenvalue weighted by molar-refractivity contribution is -0.203. The SMILES string of the molecule is CC[C@H]1[C@@H](O)[C@@H]2[C@H](CC[C@]3(C)[C@@H]([C@H](C)CCCC(=O)CS(=O)(=O)C(C)(C)C)CC[C@@H]23)[C@@]2(C)CC[C@@H](O)C[C@@H]12. The Hall–Kier alpha value is -0.460. The number of carbonyl (C=O) groups is 1. The van der Waals surface area contributed by atoms with Gasteiger partial charge >= 0.3 is 0 Å². The van der Waals surface area contributed by atoms with E-state index >= 15 is 0 Å². The molecule has 5 nitrogen and oxygen atoms in total. The molecule has 4 aliphatic carbocycles. The maximum absolute atomic E-state index is 12.5. The normalized spacial score (nSPS) is 44.1. The second-order valence-electron chi connectivity index (χ2n) is 15.4. The van der Waals surface area contributed by atoms with E-state index < -0.39 is 14.6 Å². The van der Waals surface area contributed by atoms with E-state index in [1.807, 2.05) is 0 Å². The summed E-state index contributed by atoms with van der Waals surface area (Å²) in [5, 5.41) is 22.4. The van der Waals surface area contributed by atoms with Crippen molar-refractivity contribution in [1.29, 1.82) is 0 Å². The number of fused-ring (bicyclic) bond motifs is 5. The van der Waals surface area contributed by atoms with Crippen molar-refractivity contribution in [3.8, 4) is 0 Å². The molecule has 0 aromatic rings. The van der Waals surface area contributed by atoms with Crippen molar-refractivity contribution in [1.82, 2.24) is 0 Å². The molecule has 6 heteroatoms. The summed E-state index contributed by atoms with van der Waals surface area (Å²) in [5.74, 6) is 2.74. The lowest BCUT2D eigenvalue weighted by Crippen LogP contribution is -2.62. The molecule has 4 saturated carbocycles. The largest absolute Gasteiger partial charge is 0.393 e. The molecule has 0 bridgehead atoms. The summed E-state index contributed by atoms with van der Waals surface area (Å²) < 4.78 is 24.0. The minimum Gasteiger partial charge on any atom is -0.393 e. The molecule has 0 amide bonds. The van der Waals surface area contributed by atoms with Crippen molar-refractivity contribution < 1.29 is 23.4 Å². The first-order valence-corrected chi connectivity index (χ1v) is 17.3. The van der Waals surface area contributed by atoms with Crippen molar-refractivity contribution in [3.63, 3.8) is 0 Å². The molecule has 0 aromatic carbocycles. The summed E-state index contributed by atoms with van der Waals surface area (Å²) >= 11 is 0. The third-order valence-corrected chi connectivity index (χ3v) is 15.1. The molecule has 0 saturated heterocycles. The predicted molar refractivity (Wildman–Crippen MR) is 153 cm³/mol. The van der Waals surface area contributed by atoms with Crippen LogP contribution in [0.3, 0.4) is 0 Å². The van der Waals surface area contributed by atoms with E-state index in [4.69, 9.17) is 0 Å². The standard InChI is InChI=1S/C32H56O5S/c1-8-23-27-18-21(33)14-16-32(27,7)26-15-17-31(6)24(12-13-25(31)28(26)29(23)35)20(2)10-9-11-22(34)19-38(36,37)30(3,4)5/h20-21,23-29,33,35H,8-19H2,1-7H3/t20-,21-,23-,24-,25+,26+,27+,28+,29-,31-,32-/m1/s1. The van der Waals surface area contributed by atoms with E-state index in [0.29, 0.717) is 41.9 Å². The predicted octanol–water partition coefficient (Wildman–Crippen LogP) is 6.20. The molecule has 38 heavy (non-hydrogen) atoms. The average molecular weight is 553 g/mol. The first-order chi connectivity index (χ1) is 17.6. The van der Waals surface area contributed by atoms with Gasteiger partial charge in [0.15, 0.2) is 9.84 Å². The van der Waals surface area contributed by atoms with Crippen LogP contribution >= 0.6 is 0 Å². The van der Waals surface area contributed by atoms with E-state index in [0.717, 1.165) is 38.5 Å². The highest BCUT2D eigenvalue weighted by Crippen LogP contribution is 2.69. The molecule has 220 valence electrons. The minimum absolute atomic E-state index is 0.153. The Morgan fingerprint density at radius 2 is 1.61 bits per heavy atom. The lowest BCUT2D eigenvalue weighted by Gasteiger charge is -2.64. The molecule has 0 radical (unpaired) electrons. The van der Waals surface area contributed by atoms with E-state index in [2.05, 4.69) is 27.7 Å². The maximum atomic E-state index is 12.5. The summed E-state index contributed by atoms with van der Waals surface area (Å²) in [6, 6.07) is 0. The quantitative estimate of drug-likeness (QED) is 0.374. The van der Waals surface area contributed by atoms with Crippen LogP contribution in [0.4, 0.5) is 0 Å². The monoisotopic (exact) mass is 552 g/mol. The van der Waals surface area contributed by atoms with Gasteiger partial charge in [0.25, 0.3) is 0 Å². The van der Waals surface area contributed by atoms with Crippen molar-refractivity contribution in [3.05, 3.63) is 0 Å². The topological polar surface area (TPSA) is 91.7 Å². The van der Waals surface area contributed by atoms with Gasteiger partial charge in [0.05, 0.1) is 17.0 Å². The number of rotatable bonds is 8. The highest BCUT2D eigenvalue weighted by molar-refractivity contribution is 7.93. The van der Waals surface area contributed by atoms with E-state index in [1.54, 1.807) is 20.8 Å². The van der Waals surface area contributed by atoms with Crippen LogP contribution < -0.4 is 0 Å². The van der Waals surface area contributed by atoms with Crippen LogP contribution in [0.5, 0.6) is 0 Å². The summed E-state index contributed by atoms with van der Waals surface area (Å²) in [6.07, 6.45) is 10.2. The van der Waals surface area contributed by atoms with Crippen molar-refractivity contribution in [2.24, 2.45) is 52.3 Å². The van der Waals surface area contributed by atoms with Gasteiger partial charge in [-0.15, -0.1) is 0 Å². The van der Waals surface area contributed by atoms with Crippen LogP contribution in [0.25, 0.3) is 0 Å². The van der Waals surface area contributed by atoms with Crippen LogP contribution in [-0.4, -0.2) is 47.1 Å². The van der Waals surface area contributed by atoms with E-state index in [-0.39, 0.29) is 40.5 Å². The van der Waals surface area contributed by atoms with Crippen molar-refractivity contribution in [2.75, 3.05) is 5.75 Å². The van der Waals surface area contributed by atoms with Gasteiger partial charge in [0.2, 0.25) is 0 Å². The first kappa shape index (κ1) is 30.5. The highest BCUT2D eigenvalue weighted by Gasteiger charge is 2.64. The number of aliphatic hydroxyl groups is 2. The number of Topliss-reactive ketones (excluding diaryl/α,β-unsaturated/α-hetero) is 1. The fourth-order valence-electron chi connectivity index (χ4n) is 10.3. The Balaban J connectivity index is 1.43. The molecule has 0 aliphatic heterocycles. The minimum atomic E-state index is -3.42. The van der Waals surface area contributed by atoms with E-state index in [9.17, 15) is 23.4 Å². The third-order valence-electron chi connectivity index (χ3n) is 12.5. The Bertz CT molecular complexity index is 969. The van der Waals surface area contributed by atoms with Crippen LogP contribution in [0.1, 0.15) is 119 Å². The molecular formula is C32H56O5S. The Labute approximate surface area is 232 Å². The zero-order valence-electron chi connectivity index (χ0n) is 25.2. The van der Waals surface area contributed by atoms with Gasteiger partial charge in [-0.2, -0.15) is 0 Å². The molecule has 0 heterocycles. The fraction of sp³-hybridized carbons (Fsp3) is 0.969. The van der Waals surface area contributed by atoms with Gasteiger partial charge in [-0.1, -0.05) is 40.5 Å². The van der Waals surface area contributed by atoms with Crippen LogP contribution in [0.15, 0.2) is 0 Å². The smallest absolute Gasteiger partial charge is 0.162 e. The van der Waals surface area contributed by atoms with E-state index in [1.165, 1.54) is 25.7 Å². The van der Waals surface area contributed by atoms with Crippen LogP contribution in [0, 0.1) is 52.3 Å². The molecule has 0 aromatic heterocycles. The van der Waals surface area contributed by atoms with Crippen molar-refractivity contribution in [2.45, 2.75) is 136 Å². The Morgan fingerprint density at radius 1 is 0.974 bits per heavy atom. The lowest BCUT2D eigenvalue weighted by atomic mass is 9.41. The van der Waals surface area contributed by atoms with Gasteiger partial charge < -0.3 is 10.2 Å². The molecule has 0 unspecified atom stereocenters. The maximum Gasteiger partial charge on any atom is 0.162 e. The number of aliphatic hydroxyl groups excluding tert-OH is 2. The molecule has 4 rings (SSSR count). The third kappa shape index (κ3) is 5.17. The number of hydrogen-bond acceptors (Lipinski definition) is 5. The summed E-state index contributed by atoms with van der Waals surface area (Å²) in [4.78, 5) is 12.5. The fourth-order valence-corrected chi connectivity index (χ4v) is 11.3. The van der Waals surface area contributed by atoms with Gasteiger partial charge in [-0.3, -0.25) is 4.79 Å². The number of sulfone groups is 1. The molecule has 2 N–H and O–H groups in total. The zero-order chi connectivity index (χ0) is 28.3. The highest BCUT2D eigenvalue weighted by atomic mass is 32.2. The first-order valence-electron chi connectivity index (χ1n) is 15.7. The average Bonchev–Trinajstić information content (AvgIpc) is 3.16. The second kappa shape index (κ2) is 10.7. The van der Waals surface area contributed by atoms with Crippen LogP contribution in [-0.2, 0) is 14.6 Å².